The van der Waals surface area contributed by atoms with Crippen molar-refractivity contribution in [1.82, 2.24) is 5.32 Å². The number of ether oxygens (including phenoxy) is 2. The molecule has 1 heterocycles. The van der Waals surface area contributed by atoms with Gasteiger partial charge in [-0.1, -0.05) is 12.1 Å². The van der Waals surface area contributed by atoms with Crippen molar-refractivity contribution in [3.05, 3.63) is 35.4 Å². The number of benzene rings is 1. The van der Waals surface area contributed by atoms with Crippen molar-refractivity contribution in [3.8, 4) is 0 Å². The molecule has 6 heteroatoms. The van der Waals surface area contributed by atoms with Crippen LogP contribution in [0.15, 0.2) is 24.3 Å². The van der Waals surface area contributed by atoms with Crippen molar-refractivity contribution in [2.45, 2.75) is 50.9 Å². The molecule has 0 spiro atoms. The fourth-order valence-corrected chi connectivity index (χ4v) is 2.82. The van der Waals surface area contributed by atoms with Crippen LogP contribution < -0.4 is 5.32 Å². The molecule has 1 fully saturated rings. The minimum Gasteiger partial charge on any atom is -0.394 e. The normalized spacial score (nSPS) is 21.1. The third kappa shape index (κ3) is 6.74. The van der Waals surface area contributed by atoms with E-state index in [2.05, 4.69) is 5.32 Å². The van der Waals surface area contributed by atoms with Gasteiger partial charge in [0.1, 0.15) is 6.10 Å². The zero-order chi connectivity index (χ0) is 18.3. The summed E-state index contributed by atoms with van der Waals surface area (Å²) in [6.45, 7) is 4.72. The molecule has 6 nitrogen and oxygen atoms in total. The maximum atomic E-state index is 12.6. The second-order valence-electron chi connectivity index (χ2n) is 7.09. The molecule has 1 amide bonds. The first kappa shape index (κ1) is 19.8. The Bertz CT molecular complexity index is 555. The van der Waals surface area contributed by atoms with Crippen molar-refractivity contribution >= 4 is 5.91 Å². The van der Waals surface area contributed by atoms with E-state index >= 15 is 0 Å². The zero-order valence-electron chi connectivity index (χ0n) is 15.0. The highest BCUT2D eigenvalue weighted by Gasteiger charge is 2.28. The molecule has 0 unspecified atom stereocenters. The zero-order valence-corrected chi connectivity index (χ0v) is 15.0. The van der Waals surface area contributed by atoms with Crippen LogP contribution in [0, 0.1) is 0 Å². The molecule has 0 aromatic heterocycles. The number of rotatable bonds is 8. The average Bonchev–Trinajstić information content (AvgIpc) is 2.59. The second kappa shape index (κ2) is 9.29. The third-order valence-corrected chi connectivity index (χ3v) is 4.26. The van der Waals surface area contributed by atoms with Crippen LogP contribution in [0.25, 0.3) is 0 Å². The van der Waals surface area contributed by atoms with Crippen LogP contribution in [0.2, 0.25) is 0 Å². The molecule has 1 aromatic carbocycles. The number of carbonyl (C=O) groups is 1. The predicted molar refractivity (Wildman–Crippen MR) is 94.6 cm³/mol. The van der Waals surface area contributed by atoms with Crippen LogP contribution in [0.1, 0.15) is 42.6 Å². The molecule has 2 atom stereocenters. The summed E-state index contributed by atoms with van der Waals surface area (Å²) in [6.07, 6.45) is 1.78. The van der Waals surface area contributed by atoms with Crippen LogP contribution in [0.3, 0.4) is 0 Å². The monoisotopic (exact) mass is 351 g/mol. The van der Waals surface area contributed by atoms with E-state index < -0.39 is 5.60 Å². The van der Waals surface area contributed by atoms with Gasteiger partial charge in [0.25, 0.3) is 5.91 Å². The summed E-state index contributed by atoms with van der Waals surface area (Å²) in [5.74, 6) is -0.144. The molecule has 25 heavy (non-hydrogen) atoms. The molecule has 1 saturated heterocycles. The average molecular weight is 351 g/mol. The van der Waals surface area contributed by atoms with Crippen LogP contribution in [-0.2, 0) is 15.9 Å². The maximum Gasteiger partial charge on any atom is 0.251 e. The number of nitrogens with one attached hydrogen (secondary N) is 1. The van der Waals surface area contributed by atoms with Crippen LogP contribution in [0.4, 0.5) is 0 Å². The Morgan fingerprint density at radius 2 is 2.24 bits per heavy atom. The number of carbonyl (C=O) groups excluding carboxylic acids is 1. The Balaban J connectivity index is 1.97. The van der Waals surface area contributed by atoms with Crippen molar-refractivity contribution < 1.29 is 24.5 Å². The van der Waals surface area contributed by atoms with Gasteiger partial charge in [-0.05, 0) is 50.8 Å². The fourth-order valence-electron chi connectivity index (χ4n) is 2.82. The maximum absolute atomic E-state index is 12.6. The lowest BCUT2D eigenvalue weighted by Gasteiger charge is -2.32. The topological polar surface area (TPSA) is 88.0 Å². The van der Waals surface area contributed by atoms with E-state index in [4.69, 9.17) is 14.6 Å². The summed E-state index contributed by atoms with van der Waals surface area (Å²) in [5.41, 5.74) is 0.896. The molecule has 0 bridgehead atoms. The van der Waals surface area contributed by atoms with E-state index in [-0.39, 0.29) is 31.3 Å². The first-order valence-electron chi connectivity index (χ1n) is 8.81. The van der Waals surface area contributed by atoms with Gasteiger partial charge in [-0.25, -0.2) is 0 Å². The van der Waals surface area contributed by atoms with Gasteiger partial charge in [0, 0.05) is 12.2 Å². The molecule has 1 aliphatic rings. The molecular weight excluding hydrogens is 322 g/mol. The fraction of sp³-hybridized carbons (Fsp3) is 0.632. The quantitative estimate of drug-likeness (QED) is 0.657. The lowest BCUT2D eigenvalue weighted by molar-refractivity contribution is -0.0737. The Morgan fingerprint density at radius 1 is 1.44 bits per heavy atom. The Hall–Kier alpha value is -1.47. The van der Waals surface area contributed by atoms with Gasteiger partial charge in [-0.2, -0.15) is 0 Å². The number of hydrogen-bond acceptors (Lipinski definition) is 5. The minimum absolute atomic E-state index is 0.0551. The molecule has 0 aliphatic carbocycles. The highest BCUT2D eigenvalue weighted by atomic mass is 16.5. The van der Waals surface area contributed by atoms with Crippen molar-refractivity contribution in [2.75, 3.05) is 26.4 Å². The predicted octanol–water partition coefficient (Wildman–Crippen LogP) is 1.29. The van der Waals surface area contributed by atoms with Crippen molar-refractivity contribution in [3.63, 3.8) is 0 Å². The highest BCUT2D eigenvalue weighted by molar-refractivity contribution is 5.94. The summed E-state index contributed by atoms with van der Waals surface area (Å²) >= 11 is 0. The first-order valence-corrected chi connectivity index (χ1v) is 8.81. The smallest absolute Gasteiger partial charge is 0.251 e. The summed E-state index contributed by atoms with van der Waals surface area (Å²) in [6, 6.07) is 7.34. The molecule has 3 N–H and O–H groups in total. The first-order chi connectivity index (χ1) is 11.9. The lowest BCUT2D eigenvalue weighted by Crippen LogP contribution is -2.50. The number of hydrogen-bond donors (Lipinski definition) is 3. The Morgan fingerprint density at radius 3 is 2.96 bits per heavy atom. The number of aliphatic hydroxyl groups excluding tert-OH is 1. The van der Waals surface area contributed by atoms with Crippen molar-refractivity contribution in [2.24, 2.45) is 0 Å². The van der Waals surface area contributed by atoms with E-state index in [1.54, 1.807) is 19.9 Å². The summed E-state index contributed by atoms with van der Waals surface area (Å²) in [7, 11) is 0. The van der Waals surface area contributed by atoms with E-state index in [0.717, 1.165) is 5.56 Å². The molecule has 0 saturated carbocycles. The van der Waals surface area contributed by atoms with Gasteiger partial charge >= 0.3 is 0 Å². The molecule has 2 rings (SSSR count). The lowest BCUT2D eigenvalue weighted by atomic mass is 9.97. The van der Waals surface area contributed by atoms with Gasteiger partial charge in [-0.3, -0.25) is 4.79 Å². The molecule has 1 aliphatic heterocycles. The van der Waals surface area contributed by atoms with E-state index in [1.165, 1.54) is 0 Å². The van der Waals surface area contributed by atoms with Gasteiger partial charge in [0.05, 0.1) is 31.5 Å². The molecule has 1 aromatic rings. The van der Waals surface area contributed by atoms with Gasteiger partial charge in [-0.15, -0.1) is 0 Å². The van der Waals surface area contributed by atoms with E-state index in [1.807, 2.05) is 18.2 Å². The van der Waals surface area contributed by atoms with Gasteiger partial charge in [0.2, 0.25) is 0 Å². The summed E-state index contributed by atoms with van der Waals surface area (Å²) < 4.78 is 11.0. The number of aryl methyl sites for hydroxylation is 1. The SMILES string of the molecule is CC(C)(O)CCc1cccc(C(=O)N[C@@H]2CCOC[C@H]2OCCO)c1. The molecular formula is C19H29NO5. The third-order valence-electron chi connectivity index (χ3n) is 4.26. The van der Waals surface area contributed by atoms with Crippen LogP contribution in [-0.4, -0.2) is 60.3 Å². The standard InChI is InChI=1S/C19H29NO5/c1-19(2,23)8-6-14-4-3-5-15(12-14)18(22)20-16-7-10-24-13-17(16)25-11-9-21/h3-5,12,16-17,21,23H,6-11,13H2,1-2H3,(H,20,22)/t16-,17-/m1/s1. The van der Waals surface area contributed by atoms with E-state index in [0.29, 0.717) is 38.0 Å². The van der Waals surface area contributed by atoms with E-state index in [9.17, 15) is 9.90 Å². The van der Waals surface area contributed by atoms with Gasteiger partial charge < -0.3 is 25.0 Å². The summed E-state index contributed by atoms with van der Waals surface area (Å²) in [4.78, 5) is 12.6. The molecule has 140 valence electrons. The Kier molecular flexibility index (Phi) is 7.38. The minimum atomic E-state index is -0.725. The number of amides is 1. The highest BCUT2D eigenvalue weighted by Crippen LogP contribution is 2.16. The van der Waals surface area contributed by atoms with Crippen LogP contribution in [0.5, 0.6) is 0 Å². The Labute approximate surface area is 149 Å². The second-order valence-corrected chi connectivity index (χ2v) is 7.09. The largest absolute Gasteiger partial charge is 0.394 e. The van der Waals surface area contributed by atoms with Gasteiger partial charge in [0.15, 0.2) is 0 Å². The summed E-state index contributed by atoms with van der Waals surface area (Å²) in [5, 5.41) is 21.8. The van der Waals surface area contributed by atoms with Crippen LogP contribution >= 0.6 is 0 Å². The molecule has 0 radical (unpaired) electrons. The van der Waals surface area contributed by atoms with Crippen molar-refractivity contribution in [1.29, 1.82) is 0 Å². The number of aliphatic hydroxyl groups is 2.